The van der Waals surface area contributed by atoms with E-state index in [4.69, 9.17) is 9.84 Å². The highest BCUT2D eigenvalue weighted by Gasteiger charge is 2.20. The van der Waals surface area contributed by atoms with E-state index in [0.29, 0.717) is 12.5 Å². The van der Waals surface area contributed by atoms with E-state index in [1.165, 1.54) is 0 Å². The van der Waals surface area contributed by atoms with Crippen molar-refractivity contribution >= 4 is 5.97 Å². The van der Waals surface area contributed by atoms with Crippen LogP contribution in [0.1, 0.15) is 25.7 Å². The summed E-state index contributed by atoms with van der Waals surface area (Å²) < 4.78 is 4.97. The number of hydrogen-bond donors (Lipinski definition) is 1. The van der Waals surface area contributed by atoms with Gasteiger partial charge in [0.05, 0.1) is 12.7 Å². The molecule has 0 aromatic rings. The van der Waals surface area contributed by atoms with Crippen molar-refractivity contribution in [1.29, 1.82) is 0 Å². The molecule has 1 heterocycles. The number of carboxylic acid groups (broad SMARTS) is 1. The van der Waals surface area contributed by atoms with Crippen molar-refractivity contribution in [3.63, 3.8) is 0 Å². The summed E-state index contributed by atoms with van der Waals surface area (Å²) in [7, 11) is 0. The quantitative estimate of drug-likeness (QED) is 0.463. The smallest absolute Gasteiger partial charge is 0.303 e. The summed E-state index contributed by atoms with van der Waals surface area (Å²) in [5.74, 6) is -0.697. The lowest BCUT2D eigenvalue weighted by molar-refractivity contribution is -0.137. The fourth-order valence-corrected chi connectivity index (χ4v) is 0.883. The summed E-state index contributed by atoms with van der Waals surface area (Å²) in [4.78, 5) is 10.0. The Hall–Kier alpha value is -0.570. The minimum Gasteiger partial charge on any atom is -0.481 e. The Morgan fingerprint density at radius 1 is 1.60 bits per heavy atom. The van der Waals surface area contributed by atoms with Gasteiger partial charge in [-0.15, -0.1) is 0 Å². The first-order chi connectivity index (χ1) is 4.79. The maximum atomic E-state index is 10.0. The lowest BCUT2D eigenvalue weighted by atomic mass is 10.1. The second-order valence-corrected chi connectivity index (χ2v) is 2.59. The van der Waals surface area contributed by atoms with Gasteiger partial charge in [0.15, 0.2) is 0 Å². The summed E-state index contributed by atoms with van der Waals surface area (Å²) in [6.45, 7) is 0.882. The molecule has 10 heavy (non-hydrogen) atoms. The first kappa shape index (κ1) is 7.54. The maximum Gasteiger partial charge on any atom is 0.303 e. The van der Waals surface area contributed by atoms with Gasteiger partial charge >= 0.3 is 5.97 Å². The molecule has 3 heteroatoms. The highest BCUT2D eigenvalue weighted by Crippen LogP contribution is 2.16. The third-order valence-electron chi connectivity index (χ3n) is 1.57. The zero-order valence-electron chi connectivity index (χ0n) is 5.88. The molecule has 1 aliphatic heterocycles. The van der Waals surface area contributed by atoms with E-state index in [1.807, 2.05) is 0 Å². The molecule has 1 N–H and O–H groups in total. The van der Waals surface area contributed by atoms with Crippen molar-refractivity contribution in [2.24, 2.45) is 0 Å². The molecule has 3 nitrogen and oxygen atoms in total. The Balaban J connectivity index is 1.80. The molecule has 1 rings (SSSR count). The number of hydrogen-bond acceptors (Lipinski definition) is 2. The molecule has 0 aromatic heterocycles. The fourth-order valence-electron chi connectivity index (χ4n) is 0.883. The van der Waals surface area contributed by atoms with Crippen LogP contribution in [0.3, 0.4) is 0 Å². The van der Waals surface area contributed by atoms with E-state index >= 15 is 0 Å². The summed E-state index contributed by atoms with van der Waals surface area (Å²) in [5, 5.41) is 8.26. The number of aliphatic carboxylic acids is 1. The third kappa shape index (κ3) is 3.45. The maximum absolute atomic E-state index is 10.0. The minimum absolute atomic E-state index is 0.298. The van der Waals surface area contributed by atoms with Crippen LogP contribution >= 0.6 is 0 Å². The zero-order chi connectivity index (χ0) is 7.40. The molecule has 0 amide bonds. The summed E-state index contributed by atoms with van der Waals surface area (Å²) in [6.07, 6.45) is 3.56. The molecular formula is C7H12O3. The average molecular weight is 144 g/mol. The van der Waals surface area contributed by atoms with E-state index in [1.54, 1.807) is 0 Å². The molecule has 0 aliphatic carbocycles. The third-order valence-corrected chi connectivity index (χ3v) is 1.57. The van der Waals surface area contributed by atoms with Crippen LogP contribution in [-0.2, 0) is 9.53 Å². The standard InChI is InChI=1S/C7H12O3/c8-7(9)4-2-1-3-6-5-10-6/h6H,1-5H2,(H,8,9)/t6-/m0/s1. The van der Waals surface area contributed by atoms with Gasteiger partial charge in [-0.25, -0.2) is 0 Å². The normalized spacial score (nSPS) is 22.6. The van der Waals surface area contributed by atoms with Crippen molar-refractivity contribution in [1.82, 2.24) is 0 Å². The number of epoxide rings is 1. The van der Waals surface area contributed by atoms with Crippen molar-refractivity contribution in [3.8, 4) is 0 Å². The highest BCUT2D eigenvalue weighted by molar-refractivity contribution is 5.66. The molecule has 1 fully saturated rings. The van der Waals surface area contributed by atoms with E-state index < -0.39 is 5.97 Å². The summed E-state index contributed by atoms with van der Waals surface area (Å²) in [6, 6.07) is 0. The molecule has 1 atom stereocenters. The summed E-state index contributed by atoms with van der Waals surface area (Å²) >= 11 is 0. The number of rotatable bonds is 5. The monoisotopic (exact) mass is 144 g/mol. The number of carbonyl (C=O) groups is 1. The lowest BCUT2D eigenvalue weighted by Crippen LogP contribution is -1.94. The average Bonchev–Trinajstić information content (AvgIpc) is 2.62. The molecule has 58 valence electrons. The topological polar surface area (TPSA) is 49.8 Å². The van der Waals surface area contributed by atoms with Crippen molar-refractivity contribution in [3.05, 3.63) is 0 Å². The lowest BCUT2D eigenvalue weighted by Gasteiger charge is -1.92. The van der Waals surface area contributed by atoms with Crippen LogP contribution in [-0.4, -0.2) is 23.8 Å². The van der Waals surface area contributed by atoms with Gasteiger partial charge in [-0.3, -0.25) is 4.79 Å². The van der Waals surface area contributed by atoms with E-state index in [2.05, 4.69) is 0 Å². The Morgan fingerprint density at radius 3 is 2.80 bits per heavy atom. The fraction of sp³-hybridized carbons (Fsp3) is 0.857. The van der Waals surface area contributed by atoms with Crippen LogP contribution in [0.15, 0.2) is 0 Å². The van der Waals surface area contributed by atoms with Gasteiger partial charge in [-0.2, -0.15) is 0 Å². The molecule has 0 radical (unpaired) electrons. The SMILES string of the molecule is O=C(O)CCCC[C@H]1CO1. The molecule has 0 unspecified atom stereocenters. The van der Waals surface area contributed by atoms with Gasteiger partial charge in [-0.05, 0) is 12.8 Å². The van der Waals surface area contributed by atoms with Gasteiger partial charge in [0.1, 0.15) is 0 Å². The van der Waals surface area contributed by atoms with Crippen LogP contribution in [0.5, 0.6) is 0 Å². The number of ether oxygens (including phenoxy) is 1. The van der Waals surface area contributed by atoms with Gasteiger partial charge in [0, 0.05) is 6.42 Å². The highest BCUT2D eigenvalue weighted by atomic mass is 16.6. The Kier molecular flexibility index (Phi) is 2.68. The second kappa shape index (κ2) is 3.56. The van der Waals surface area contributed by atoms with Crippen LogP contribution in [0, 0.1) is 0 Å². The van der Waals surface area contributed by atoms with Crippen molar-refractivity contribution < 1.29 is 14.6 Å². The van der Waals surface area contributed by atoms with Gasteiger partial charge in [0.25, 0.3) is 0 Å². The van der Waals surface area contributed by atoms with Crippen LogP contribution in [0.2, 0.25) is 0 Å². The van der Waals surface area contributed by atoms with Crippen LogP contribution in [0.25, 0.3) is 0 Å². The predicted octanol–water partition coefficient (Wildman–Crippen LogP) is 1.03. The zero-order valence-corrected chi connectivity index (χ0v) is 5.88. The molecule has 0 saturated carbocycles. The number of carboxylic acids is 1. The van der Waals surface area contributed by atoms with Crippen molar-refractivity contribution in [2.45, 2.75) is 31.8 Å². The predicted molar refractivity (Wildman–Crippen MR) is 35.8 cm³/mol. The van der Waals surface area contributed by atoms with Crippen LogP contribution < -0.4 is 0 Å². The van der Waals surface area contributed by atoms with Gasteiger partial charge < -0.3 is 9.84 Å². The van der Waals surface area contributed by atoms with E-state index in [9.17, 15) is 4.79 Å². The van der Waals surface area contributed by atoms with Gasteiger partial charge in [-0.1, -0.05) is 6.42 Å². The van der Waals surface area contributed by atoms with Crippen LogP contribution in [0.4, 0.5) is 0 Å². The first-order valence-electron chi connectivity index (χ1n) is 3.62. The molecule has 0 aromatic carbocycles. The molecular weight excluding hydrogens is 132 g/mol. The first-order valence-corrected chi connectivity index (χ1v) is 3.62. The molecule has 1 saturated heterocycles. The Morgan fingerprint density at radius 2 is 2.30 bits per heavy atom. The Labute approximate surface area is 60.0 Å². The second-order valence-electron chi connectivity index (χ2n) is 2.59. The molecule has 1 aliphatic rings. The minimum atomic E-state index is -0.697. The van der Waals surface area contributed by atoms with Gasteiger partial charge in [0.2, 0.25) is 0 Å². The molecule has 0 bridgehead atoms. The van der Waals surface area contributed by atoms with E-state index in [0.717, 1.165) is 25.9 Å². The molecule has 0 spiro atoms. The van der Waals surface area contributed by atoms with E-state index in [-0.39, 0.29) is 0 Å². The van der Waals surface area contributed by atoms with Crippen molar-refractivity contribution in [2.75, 3.05) is 6.61 Å². The summed E-state index contributed by atoms with van der Waals surface area (Å²) in [5.41, 5.74) is 0. The Bertz CT molecular complexity index is 118. The number of unbranched alkanes of at least 4 members (excludes halogenated alkanes) is 1. The largest absolute Gasteiger partial charge is 0.481 e.